The molecule has 2 saturated carbocycles. The smallest absolute Gasteiger partial charge is 0.308 e. The van der Waals surface area contributed by atoms with Gasteiger partial charge in [0.2, 0.25) is 0 Å². The molecule has 0 heterocycles. The minimum Gasteiger partial charge on any atom is -0.466 e. The first-order chi connectivity index (χ1) is 9.69. The molecule has 0 spiro atoms. The number of carbonyl (C=O) groups is 1. The molecule has 116 valence electrons. The van der Waals surface area contributed by atoms with Crippen molar-refractivity contribution in [3.8, 4) is 0 Å². The molecule has 0 amide bonds. The maximum atomic E-state index is 11.8. The lowest BCUT2D eigenvalue weighted by atomic mass is 9.82. The van der Waals surface area contributed by atoms with E-state index in [0.29, 0.717) is 12.6 Å². The van der Waals surface area contributed by atoms with Gasteiger partial charge in [-0.25, -0.2) is 0 Å². The lowest BCUT2D eigenvalue weighted by molar-refractivity contribution is -0.149. The summed E-state index contributed by atoms with van der Waals surface area (Å²) < 4.78 is 5.17. The quantitative estimate of drug-likeness (QED) is 0.784. The molecule has 3 nitrogen and oxygen atoms in total. The number of nitrogens with one attached hydrogen (secondary N) is 1. The van der Waals surface area contributed by atoms with Crippen molar-refractivity contribution >= 4 is 5.97 Å². The molecular formula is C17H31NO2. The number of esters is 1. The van der Waals surface area contributed by atoms with Crippen LogP contribution in [0.2, 0.25) is 0 Å². The van der Waals surface area contributed by atoms with Crippen molar-refractivity contribution in [3.63, 3.8) is 0 Å². The molecule has 2 atom stereocenters. The number of rotatable bonds is 5. The number of hydrogen-bond acceptors (Lipinski definition) is 3. The summed E-state index contributed by atoms with van der Waals surface area (Å²) in [4.78, 5) is 11.8. The average molecular weight is 281 g/mol. The first-order valence-electron chi connectivity index (χ1n) is 8.59. The number of hydrogen-bond donors (Lipinski definition) is 1. The van der Waals surface area contributed by atoms with Crippen molar-refractivity contribution < 1.29 is 9.53 Å². The fourth-order valence-corrected chi connectivity index (χ4v) is 3.72. The van der Waals surface area contributed by atoms with Crippen molar-refractivity contribution in [2.75, 3.05) is 13.2 Å². The summed E-state index contributed by atoms with van der Waals surface area (Å²) in [6.45, 7) is 5.91. The lowest BCUT2D eigenvalue weighted by Crippen LogP contribution is -2.39. The van der Waals surface area contributed by atoms with E-state index in [1.165, 1.54) is 32.1 Å². The van der Waals surface area contributed by atoms with Gasteiger partial charge < -0.3 is 10.1 Å². The summed E-state index contributed by atoms with van der Waals surface area (Å²) in [5, 5.41) is 3.73. The van der Waals surface area contributed by atoms with Crippen LogP contribution in [0.15, 0.2) is 0 Å². The van der Waals surface area contributed by atoms with Crippen molar-refractivity contribution in [2.24, 2.45) is 17.8 Å². The van der Waals surface area contributed by atoms with E-state index in [4.69, 9.17) is 4.74 Å². The van der Waals surface area contributed by atoms with Gasteiger partial charge in [0.05, 0.1) is 12.5 Å². The van der Waals surface area contributed by atoms with E-state index in [1.807, 2.05) is 6.92 Å². The molecule has 0 aromatic heterocycles. The Balaban J connectivity index is 1.69. The van der Waals surface area contributed by atoms with Crippen molar-refractivity contribution in [1.29, 1.82) is 0 Å². The number of carbonyl (C=O) groups excluding carboxylic acids is 1. The highest BCUT2D eigenvalue weighted by molar-refractivity contribution is 5.72. The third kappa shape index (κ3) is 4.76. The minimum absolute atomic E-state index is 0.0190. The maximum absolute atomic E-state index is 11.8. The molecule has 0 radical (unpaired) electrons. The van der Waals surface area contributed by atoms with Crippen molar-refractivity contribution in [2.45, 2.75) is 71.3 Å². The standard InChI is InChI=1S/C17H31NO2/c1-3-20-17(19)15-5-4-6-16(11-15)18-12-14-9-7-13(2)8-10-14/h13-16,18H,3-12H2,1-2H3. The molecule has 0 aromatic rings. The summed E-state index contributed by atoms with van der Waals surface area (Å²) in [7, 11) is 0. The first kappa shape index (κ1) is 15.8. The van der Waals surface area contributed by atoms with Gasteiger partial charge in [0.1, 0.15) is 0 Å². The third-order valence-corrected chi connectivity index (χ3v) is 5.12. The second kappa shape index (κ2) is 8.02. The molecule has 0 aromatic carbocycles. The van der Waals surface area contributed by atoms with Crippen LogP contribution >= 0.6 is 0 Å². The molecule has 20 heavy (non-hydrogen) atoms. The fourth-order valence-electron chi connectivity index (χ4n) is 3.72. The van der Waals surface area contributed by atoms with Crippen molar-refractivity contribution in [1.82, 2.24) is 5.32 Å². The zero-order valence-corrected chi connectivity index (χ0v) is 13.2. The van der Waals surface area contributed by atoms with Crippen LogP contribution in [0, 0.1) is 17.8 Å². The van der Waals surface area contributed by atoms with Gasteiger partial charge in [-0.3, -0.25) is 4.79 Å². The summed E-state index contributed by atoms with van der Waals surface area (Å²) in [5.74, 6) is 1.93. The Labute approximate surface area is 123 Å². The van der Waals surface area contributed by atoms with Gasteiger partial charge in [0.15, 0.2) is 0 Å². The lowest BCUT2D eigenvalue weighted by Gasteiger charge is -2.32. The maximum Gasteiger partial charge on any atom is 0.308 e. The molecule has 2 aliphatic rings. The normalized spacial score (nSPS) is 34.7. The molecule has 0 bridgehead atoms. The van der Waals surface area contributed by atoms with Gasteiger partial charge in [-0.2, -0.15) is 0 Å². The van der Waals surface area contributed by atoms with E-state index in [0.717, 1.165) is 37.6 Å². The Kier molecular flexibility index (Phi) is 6.34. The Morgan fingerprint density at radius 1 is 1.15 bits per heavy atom. The van der Waals surface area contributed by atoms with E-state index in [-0.39, 0.29) is 11.9 Å². The summed E-state index contributed by atoms with van der Waals surface area (Å²) in [5.41, 5.74) is 0. The fraction of sp³-hybridized carbons (Fsp3) is 0.941. The van der Waals surface area contributed by atoms with Crippen LogP contribution in [0.3, 0.4) is 0 Å². The molecule has 0 saturated heterocycles. The second-order valence-corrected chi connectivity index (χ2v) is 6.85. The highest BCUT2D eigenvalue weighted by Gasteiger charge is 2.28. The van der Waals surface area contributed by atoms with Crippen LogP contribution in [0.1, 0.15) is 65.2 Å². The second-order valence-electron chi connectivity index (χ2n) is 6.85. The van der Waals surface area contributed by atoms with Gasteiger partial charge in [-0.1, -0.05) is 26.2 Å². The Morgan fingerprint density at radius 3 is 2.60 bits per heavy atom. The molecule has 2 rings (SSSR count). The van der Waals surface area contributed by atoms with E-state index in [9.17, 15) is 4.79 Å². The average Bonchev–Trinajstić information content (AvgIpc) is 2.47. The molecule has 2 fully saturated rings. The van der Waals surface area contributed by atoms with Crippen LogP contribution in [0.4, 0.5) is 0 Å². The molecular weight excluding hydrogens is 250 g/mol. The van der Waals surface area contributed by atoms with Crippen LogP contribution < -0.4 is 5.32 Å². The monoisotopic (exact) mass is 281 g/mol. The topological polar surface area (TPSA) is 38.3 Å². The van der Waals surface area contributed by atoms with Gasteiger partial charge in [0, 0.05) is 6.04 Å². The molecule has 2 aliphatic carbocycles. The predicted molar refractivity (Wildman–Crippen MR) is 81.5 cm³/mol. The molecule has 2 unspecified atom stereocenters. The Bertz CT molecular complexity index is 297. The Hall–Kier alpha value is -0.570. The molecule has 3 heteroatoms. The zero-order chi connectivity index (χ0) is 14.4. The van der Waals surface area contributed by atoms with E-state index in [1.54, 1.807) is 0 Å². The van der Waals surface area contributed by atoms with Crippen molar-refractivity contribution in [3.05, 3.63) is 0 Å². The highest BCUT2D eigenvalue weighted by Crippen LogP contribution is 2.29. The van der Waals surface area contributed by atoms with E-state index in [2.05, 4.69) is 12.2 Å². The van der Waals surface area contributed by atoms with Crippen LogP contribution in [-0.2, 0) is 9.53 Å². The highest BCUT2D eigenvalue weighted by atomic mass is 16.5. The van der Waals surface area contributed by atoms with E-state index < -0.39 is 0 Å². The van der Waals surface area contributed by atoms with Gasteiger partial charge >= 0.3 is 5.97 Å². The number of ether oxygens (including phenoxy) is 1. The van der Waals surface area contributed by atoms with Crippen LogP contribution in [0.25, 0.3) is 0 Å². The molecule has 0 aliphatic heterocycles. The van der Waals surface area contributed by atoms with Gasteiger partial charge in [-0.15, -0.1) is 0 Å². The zero-order valence-electron chi connectivity index (χ0n) is 13.2. The summed E-state index contributed by atoms with van der Waals surface area (Å²) >= 11 is 0. The third-order valence-electron chi connectivity index (χ3n) is 5.12. The SMILES string of the molecule is CCOC(=O)C1CCCC(NCC2CCC(C)CC2)C1. The van der Waals surface area contributed by atoms with Gasteiger partial charge in [-0.05, 0) is 57.4 Å². The largest absolute Gasteiger partial charge is 0.466 e. The first-order valence-corrected chi connectivity index (χ1v) is 8.59. The summed E-state index contributed by atoms with van der Waals surface area (Å²) in [6, 6.07) is 0.525. The predicted octanol–water partition coefficient (Wildman–Crippen LogP) is 3.52. The van der Waals surface area contributed by atoms with Gasteiger partial charge in [0.25, 0.3) is 0 Å². The van der Waals surface area contributed by atoms with Crippen LogP contribution in [-0.4, -0.2) is 25.2 Å². The molecule has 1 N–H and O–H groups in total. The van der Waals surface area contributed by atoms with Crippen LogP contribution in [0.5, 0.6) is 0 Å². The Morgan fingerprint density at radius 2 is 1.90 bits per heavy atom. The summed E-state index contributed by atoms with van der Waals surface area (Å²) in [6.07, 6.45) is 9.90. The van der Waals surface area contributed by atoms with E-state index >= 15 is 0 Å². The minimum atomic E-state index is 0.0190.